The van der Waals surface area contributed by atoms with Crippen LogP contribution in [0.5, 0.6) is 0 Å². The SMILES string of the molecule is C[C@@](O)(c1ccc(S(=O)(=O)c2ccncc2C2CC2)cc1)C(F)(F)F. The molecule has 25 heavy (non-hydrogen) atoms. The lowest BCUT2D eigenvalue weighted by molar-refractivity contribution is -0.258. The molecule has 1 saturated carbocycles. The molecule has 0 unspecified atom stereocenters. The van der Waals surface area contributed by atoms with Crippen molar-refractivity contribution in [3.63, 3.8) is 0 Å². The molecular weight excluding hydrogens is 355 g/mol. The number of pyridine rings is 1. The molecule has 2 aromatic rings. The molecule has 1 fully saturated rings. The Morgan fingerprint density at radius 2 is 1.72 bits per heavy atom. The second-order valence-electron chi connectivity index (χ2n) is 6.29. The Morgan fingerprint density at radius 3 is 2.24 bits per heavy atom. The van der Waals surface area contributed by atoms with Gasteiger partial charge in [-0.3, -0.25) is 4.98 Å². The summed E-state index contributed by atoms with van der Waals surface area (Å²) in [6.45, 7) is 0.630. The van der Waals surface area contributed by atoms with Crippen LogP contribution < -0.4 is 0 Å². The number of aliphatic hydroxyl groups is 1. The molecule has 1 heterocycles. The van der Waals surface area contributed by atoms with Gasteiger partial charge in [-0.15, -0.1) is 0 Å². The second-order valence-corrected chi connectivity index (χ2v) is 8.20. The van der Waals surface area contributed by atoms with E-state index in [0.717, 1.165) is 37.1 Å². The molecule has 1 aliphatic carbocycles. The molecule has 0 aliphatic heterocycles. The standard InChI is InChI=1S/C17H16F3NO3S/c1-16(22,17(18,19)20)12-4-6-13(7-5-12)25(23,24)15-8-9-21-10-14(15)11-2-3-11/h4-11,22H,2-3H2,1H3/t16-/m1/s1. The third-order valence-corrected chi connectivity index (χ3v) is 6.24. The summed E-state index contributed by atoms with van der Waals surface area (Å²) >= 11 is 0. The maximum absolute atomic E-state index is 12.9. The number of alkyl halides is 3. The molecule has 8 heteroatoms. The third-order valence-electron chi connectivity index (χ3n) is 4.40. The summed E-state index contributed by atoms with van der Waals surface area (Å²) in [6.07, 6.45) is -0.185. The number of rotatable bonds is 4. The van der Waals surface area contributed by atoms with Crippen LogP contribution in [0.25, 0.3) is 0 Å². The summed E-state index contributed by atoms with van der Waals surface area (Å²) in [5, 5.41) is 9.68. The van der Waals surface area contributed by atoms with E-state index in [1.165, 1.54) is 18.5 Å². The number of nitrogens with zero attached hydrogens (tertiary/aromatic N) is 1. The fraction of sp³-hybridized carbons (Fsp3) is 0.353. The molecular formula is C17H16F3NO3S. The highest BCUT2D eigenvalue weighted by atomic mass is 32.2. The molecule has 134 valence electrons. The van der Waals surface area contributed by atoms with Crippen molar-refractivity contribution in [2.45, 2.75) is 47.3 Å². The number of hydrogen-bond acceptors (Lipinski definition) is 4. The Hall–Kier alpha value is -1.93. The Balaban J connectivity index is 2.00. The Bertz CT molecular complexity index is 886. The highest BCUT2D eigenvalue weighted by Gasteiger charge is 2.51. The van der Waals surface area contributed by atoms with E-state index >= 15 is 0 Å². The number of sulfone groups is 1. The van der Waals surface area contributed by atoms with Gasteiger partial charge in [-0.25, -0.2) is 8.42 Å². The molecule has 1 aromatic heterocycles. The van der Waals surface area contributed by atoms with Crippen LogP contribution in [-0.4, -0.2) is 24.7 Å². The average Bonchev–Trinajstić information content (AvgIpc) is 3.39. The van der Waals surface area contributed by atoms with Gasteiger partial charge in [-0.05, 0) is 55.0 Å². The van der Waals surface area contributed by atoms with Crippen LogP contribution >= 0.6 is 0 Å². The van der Waals surface area contributed by atoms with Gasteiger partial charge in [-0.1, -0.05) is 12.1 Å². The quantitative estimate of drug-likeness (QED) is 0.892. The zero-order valence-corrected chi connectivity index (χ0v) is 14.1. The van der Waals surface area contributed by atoms with E-state index < -0.39 is 27.2 Å². The summed E-state index contributed by atoms with van der Waals surface area (Å²) < 4.78 is 64.3. The van der Waals surface area contributed by atoms with Crippen LogP contribution in [0.1, 0.15) is 36.8 Å². The van der Waals surface area contributed by atoms with Gasteiger partial charge in [0.25, 0.3) is 0 Å². The molecule has 1 N–H and O–H groups in total. The van der Waals surface area contributed by atoms with E-state index in [-0.39, 0.29) is 15.7 Å². The van der Waals surface area contributed by atoms with Crippen LogP contribution in [0, 0.1) is 0 Å². The molecule has 0 bridgehead atoms. The van der Waals surface area contributed by atoms with Crippen LogP contribution in [0.15, 0.2) is 52.5 Å². The van der Waals surface area contributed by atoms with E-state index in [4.69, 9.17) is 0 Å². The molecule has 1 aromatic carbocycles. The fourth-order valence-corrected chi connectivity index (χ4v) is 4.11. The largest absolute Gasteiger partial charge is 0.421 e. The predicted octanol–water partition coefficient (Wildman–Crippen LogP) is 3.56. The zero-order valence-electron chi connectivity index (χ0n) is 13.3. The van der Waals surface area contributed by atoms with Crippen molar-refractivity contribution < 1.29 is 26.7 Å². The fourth-order valence-electron chi connectivity index (χ4n) is 2.59. The smallest absolute Gasteiger partial charge is 0.376 e. The lowest BCUT2D eigenvalue weighted by Gasteiger charge is -2.26. The molecule has 0 amide bonds. The van der Waals surface area contributed by atoms with Crippen LogP contribution in [0.2, 0.25) is 0 Å². The molecule has 0 saturated heterocycles. The van der Waals surface area contributed by atoms with Gasteiger partial charge in [0.05, 0.1) is 9.79 Å². The first-order valence-electron chi connectivity index (χ1n) is 7.64. The summed E-state index contributed by atoms with van der Waals surface area (Å²) in [4.78, 5) is 3.97. The van der Waals surface area contributed by atoms with Gasteiger partial charge in [0.15, 0.2) is 5.60 Å². The molecule has 0 spiro atoms. The minimum Gasteiger partial charge on any atom is -0.376 e. The van der Waals surface area contributed by atoms with E-state index in [0.29, 0.717) is 12.5 Å². The van der Waals surface area contributed by atoms with Gasteiger partial charge in [0.1, 0.15) is 0 Å². The third kappa shape index (κ3) is 3.16. The van der Waals surface area contributed by atoms with E-state index in [1.54, 1.807) is 0 Å². The molecule has 1 atom stereocenters. The highest BCUT2D eigenvalue weighted by Crippen LogP contribution is 2.44. The topological polar surface area (TPSA) is 67.3 Å². The highest BCUT2D eigenvalue weighted by molar-refractivity contribution is 7.91. The Labute approximate surface area is 143 Å². The molecule has 3 rings (SSSR count). The van der Waals surface area contributed by atoms with Crippen LogP contribution in [0.4, 0.5) is 13.2 Å². The summed E-state index contributed by atoms with van der Waals surface area (Å²) in [5.41, 5.74) is -2.84. The predicted molar refractivity (Wildman–Crippen MR) is 83.7 cm³/mol. The first-order chi connectivity index (χ1) is 11.5. The van der Waals surface area contributed by atoms with Crippen molar-refractivity contribution in [2.75, 3.05) is 0 Å². The van der Waals surface area contributed by atoms with Crippen molar-refractivity contribution in [1.29, 1.82) is 0 Å². The summed E-state index contributed by atoms with van der Waals surface area (Å²) in [5.74, 6) is 0.156. The summed E-state index contributed by atoms with van der Waals surface area (Å²) in [7, 11) is -3.88. The van der Waals surface area contributed by atoms with Crippen molar-refractivity contribution >= 4 is 9.84 Å². The van der Waals surface area contributed by atoms with Gasteiger partial charge >= 0.3 is 6.18 Å². The monoisotopic (exact) mass is 371 g/mol. The Morgan fingerprint density at radius 1 is 1.12 bits per heavy atom. The first kappa shape index (κ1) is 17.9. The van der Waals surface area contributed by atoms with E-state index in [9.17, 15) is 26.7 Å². The minimum absolute atomic E-state index is 0.123. The van der Waals surface area contributed by atoms with Gasteiger partial charge < -0.3 is 5.11 Å². The molecule has 1 aliphatic rings. The second kappa shape index (κ2) is 5.81. The minimum atomic E-state index is -4.86. The van der Waals surface area contributed by atoms with Gasteiger partial charge in [0, 0.05) is 12.4 Å². The van der Waals surface area contributed by atoms with Crippen molar-refractivity contribution in [2.24, 2.45) is 0 Å². The summed E-state index contributed by atoms with van der Waals surface area (Å²) in [6, 6.07) is 5.55. The van der Waals surface area contributed by atoms with E-state index in [2.05, 4.69) is 4.98 Å². The zero-order chi connectivity index (χ0) is 18.5. The van der Waals surface area contributed by atoms with Crippen molar-refractivity contribution in [3.8, 4) is 0 Å². The lowest BCUT2D eigenvalue weighted by atomic mass is 9.96. The average molecular weight is 371 g/mol. The Kier molecular flexibility index (Phi) is 4.15. The maximum Gasteiger partial charge on any atom is 0.421 e. The number of halogens is 3. The molecule has 0 radical (unpaired) electrons. The van der Waals surface area contributed by atoms with Gasteiger partial charge in [-0.2, -0.15) is 13.2 Å². The maximum atomic E-state index is 12.9. The van der Waals surface area contributed by atoms with E-state index in [1.807, 2.05) is 0 Å². The number of benzene rings is 1. The van der Waals surface area contributed by atoms with Crippen LogP contribution in [-0.2, 0) is 15.4 Å². The normalized spacial score (nSPS) is 18.0. The number of hydrogen-bond donors (Lipinski definition) is 1. The van der Waals surface area contributed by atoms with Crippen molar-refractivity contribution in [1.82, 2.24) is 4.98 Å². The first-order valence-corrected chi connectivity index (χ1v) is 9.12. The molecule has 4 nitrogen and oxygen atoms in total. The van der Waals surface area contributed by atoms with Crippen LogP contribution in [0.3, 0.4) is 0 Å². The van der Waals surface area contributed by atoms with Gasteiger partial charge in [0.2, 0.25) is 9.84 Å². The number of aromatic nitrogens is 1. The van der Waals surface area contributed by atoms with Crippen molar-refractivity contribution in [3.05, 3.63) is 53.9 Å². The lowest BCUT2D eigenvalue weighted by Crippen LogP contribution is -2.39.